The number of H-pyrrole nitrogens is 1. The minimum absolute atomic E-state index is 0.119. The van der Waals surface area contributed by atoms with Gasteiger partial charge in [0.25, 0.3) is 0 Å². The number of halogens is 1. The number of hydrogen-bond acceptors (Lipinski definition) is 3. The number of nitrogen functional groups attached to an aromatic ring is 1. The van der Waals surface area contributed by atoms with Gasteiger partial charge in [-0.25, -0.2) is 9.37 Å². The number of aromatic nitrogens is 2. The maximum atomic E-state index is 14.7. The van der Waals surface area contributed by atoms with Crippen molar-refractivity contribution >= 4 is 5.95 Å². The van der Waals surface area contributed by atoms with Crippen molar-refractivity contribution in [1.82, 2.24) is 9.97 Å². The topological polar surface area (TPSA) is 63.9 Å². The van der Waals surface area contributed by atoms with Gasteiger partial charge in [0.1, 0.15) is 11.6 Å². The standard InChI is InChI=1S/C24H22FN3O/c1-29-20-10-7-17(8-11-20)21(23-15-27-24(26)28-23)14-19-13-18(9-12-22(19)25)16-5-3-2-4-6-16/h2-13,15,21H,14H2,1H3,(H3,26,27,28). The number of benzene rings is 3. The van der Waals surface area contributed by atoms with E-state index in [2.05, 4.69) is 9.97 Å². The molecule has 0 aliphatic rings. The molecule has 0 amide bonds. The van der Waals surface area contributed by atoms with Crippen molar-refractivity contribution in [3.05, 3.63) is 102 Å². The molecule has 0 radical (unpaired) electrons. The molecule has 3 aromatic carbocycles. The molecule has 1 atom stereocenters. The molecule has 0 aliphatic heterocycles. The number of rotatable bonds is 6. The van der Waals surface area contributed by atoms with E-state index in [1.54, 1.807) is 13.3 Å². The van der Waals surface area contributed by atoms with E-state index < -0.39 is 0 Å². The first-order valence-electron chi connectivity index (χ1n) is 9.42. The lowest BCUT2D eigenvalue weighted by molar-refractivity contribution is 0.414. The maximum absolute atomic E-state index is 14.7. The number of ether oxygens (including phenoxy) is 1. The Balaban J connectivity index is 1.72. The fourth-order valence-corrected chi connectivity index (χ4v) is 3.53. The van der Waals surface area contributed by atoms with Crippen molar-refractivity contribution in [3.63, 3.8) is 0 Å². The van der Waals surface area contributed by atoms with Gasteiger partial charge in [0, 0.05) is 11.6 Å². The highest BCUT2D eigenvalue weighted by atomic mass is 19.1. The number of nitrogens with zero attached hydrogens (tertiary/aromatic N) is 1. The summed E-state index contributed by atoms with van der Waals surface area (Å²) < 4.78 is 20.0. The molecule has 4 nitrogen and oxygen atoms in total. The van der Waals surface area contributed by atoms with E-state index >= 15 is 0 Å². The van der Waals surface area contributed by atoms with Crippen LogP contribution in [0.1, 0.15) is 22.7 Å². The van der Waals surface area contributed by atoms with E-state index in [-0.39, 0.29) is 11.7 Å². The van der Waals surface area contributed by atoms with Gasteiger partial charge in [0.2, 0.25) is 0 Å². The van der Waals surface area contributed by atoms with Crippen LogP contribution in [-0.4, -0.2) is 17.1 Å². The first kappa shape index (κ1) is 18.7. The fourth-order valence-electron chi connectivity index (χ4n) is 3.53. The molecule has 29 heavy (non-hydrogen) atoms. The Hall–Kier alpha value is -3.60. The van der Waals surface area contributed by atoms with Gasteiger partial charge in [-0.05, 0) is 52.9 Å². The van der Waals surface area contributed by atoms with Crippen LogP contribution in [0.3, 0.4) is 0 Å². The summed E-state index contributed by atoms with van der Waals surface area (Å²) in [4.78, 5) is 7.23. The molecule has 146 valence electrons. The summed E-state index contributed by atoms with van der Waals surface area (Å²) in [7, 11) is 1.63. The zero-order valence-electron chi connectivity index (χ0n) is 16.1. The lowest BCUT2D eigenvalue weighted by atomic mass is 9.88. The molecular formula is C24H22FN3O. The van der Waals surface area contributed by atoms with E-state index in [4.69, 9.17) is 10.5 Å². The molecule has 0 bridgehead atoms. The van der Waals surface area contributed by atoms with Gasteiger partial charge in [0.05, 0.1) is 13.3 Å². The molecule has 0 saturated heterocycles. The van der Waals surface area contributed by atoms with Crippen LogP contribution in [0.15, 0.2) is 79.0 Å². The Morgan fingerprint density at radius 2 is 1.76 bits per heavy atom. The van der Waals surface area contributed by atoms with Crippen molar-refractivity contribution in [2.24, 2.45) is 0 Å². The number of nitrogens with two attached hydrogens (primary N) is 1. The third-order valence-electron chi connectivity index (χ3n) is 5.09. The Morgan fingerprint density at radius 1 is 1.00 bits per heavy atom. The predicted molar refractivity (Wildman–Crippen MR) is 113 cm³/mol. The molecule has 0 aliphatic carbocycles. The number of methoxy groups -OCH3 is 1. The zero-order valence-corrected chi connectivity index (χ0v) is 16.1. The number of anilines is 1. The van der Waals surface area contributed by atoms with Gasteiger partial charge in [-0.15, -0.1) is 0 Å². The first-order chi connectivity index (χ1) is 14.1. The average molecular weight is 387 g/mol. The van der Waals surface area contributed by atoms with Gasteiger partial charge < -0.3 is 15.5 Å². The maximum Gasteiger partial charge on any atom is 0.197 e. The largest absolute Gasteiger partial charge is 0.497 e. The number of nitrogens with one attached hydrogen (secondary N) is 1. The summed E-state index contributed by atoms with van der Waals surface area (Å²) in [6.07, 6.45) is 2.18. The summed E-state index contributed by atoms with van der Waals surface area (Å²) in [5, 5.41) is 0. The van der Waals surface area contributed by atoms with E-state index in [1.807, 2.05) is 66.7 Å². The highest BCUT2D eigenvalue weighted by Crippen LogP contribution is 2.31. The zero-order chi connectivity index (χ0) is 20.2. The SMILES string of the molecule is COc1ccc(C(Cc2cc(-c3ccccc3)ccc2F)c2cnc(N)[nH]2)cc1. The van der Waals surface area contributed by atoms with E-state index in [9.17, 15) is 4.39 Å². The minimum Gasteiger partial charge on any atom is -0.497 e. The second-order valence-corrected chi connectivity index (χ2v) is 6.93. The molecule has 0 spiro atoms. The van der Waals surface area contributed by atoms with Crippen LogP contribution >= 0.6 is 0 Å². The van der Waals surface area contributed by atoms with Crippen LogP contribution in [0.25, 0.3) is 11.1 Å². The second-order valence-electron chi connectivity index (χ2n) is 6.93. The summed E-state index contributed by atoms with van der Waals surface area (Å²) in [6.45, 7) is 0. The van der Waals surface area contributed by atoms with Crippen LogP contribution in [0.2, 0.25) is 0 Å². The lowest BCUT2D eigenvalue weighted by Crippen LogP contribution is -2.07. The number of imidazole rings is 1. The number of hydrogen-bond donors (Lipinski definition) is 2. The summed E-state index contributed by atoms with van der Waals surface area (Å²) in [6, 6.07) is 23.0. The van der Waals surface area contributed by atoms with Gasteiger partial charge >= 0.3 is 0 Å². The van der Waals surface area contributed by atoms with Gasteiger partial charge in [0.15, 0.2) is 5.95 Å². The lowest BCUT2D eigenvalue weighted by Gasteiger charge is -2.18. The van der Waals surface area contributed by atoms with Crippen LogP contribution in [0.5, 0.6) is 5.75 Å². The smallest absolute Gasteiger partial charge is 0.197 e. The molecule has 5 heteroatoms. The van der Waals surface area contributed by atoms with Gasteiger partial charge in [-0.3, -0.25) is 0 Å². The molecule has 0 fully saturated rings. The average Bonchev–Trinajstić information content (AvgIpc) is 3.20. The second kappa shape index (κ2) is 8.19. The van der Waals surface area contributed by atoms with E-state index in [1.165, 1.54) is 6.07 Å². The molecule has 0 saturated carbocycles. The quantitative estimate of drug-likeness (QED) is 0.479. The molecule has 1 heterocycles. The summed E-state index contributed by atoms with van der Waals surface area (Å²) in [5.74, 6) is 0.771. The molecule has 1 unspecified atom stereocenters. The fraction of sp³-hybridized carbons (Fsp3) is 0.125. The van der Waals surface area contributed by atoms with Crippen LogP contribution in [0, 0.1) is 5.82 Å². The van der Waals surface area contributed by atoms with Gasteiger partial charge in [-0.2, -0.15) is 0 Å². The summed E-state index contributed by atoms with van der Waals surface area (Å²) in [5.41, 5.74) is 10.4. The van der Waals surface area contributed by atoms with Crippen LogP contribution < -0.4 is 10.5 Å². The van der Waals surface area contributed by atoms with Gasteiger partial charge in [-0.1, -0.05) is 48.5 Å². The molecule has 4 rings (SSSR count). The third kappa shape index (κ3) is 4.14. The van der Waals surface area contributed by atoms with Crippen molar-refractivity contribution < 1.29 is 9.13 Å². The molecule has 1 aromatic heterocycles. The van der Waals surface area contributed by atoms with Crippen LogP contribution in [-0.2, 0) is 6.42 Å². The highest BCUT2D eigenvalue weighted by Gasteiger charge is 2.20. The molecule has 4 aromatic rings. The number of aromatic amines is 1. The van der Waals surface area contributed by atoms with Crippen LogP contribution in [0.4, 0.5) is 10.3 Å². The summed E-state index contributed by atoms with van der Waals surface area (Å²) >= 11 is 0. The van der Waals surface area contributed by atoms with E-state index in [0.717, 1.165) is 28.1 Å². The van der Waals surface area contributed by atoms with Crippen molar-refractivity contribution in [1.29, 1.82) is 0 Å². The predicted octanol–water partition coefficient (Wildman–Crippen LogP) is 5.18. The van der Waals surface area contributed by atoms with E-state index in [0.29, 0.717) is 17.9 Å². The van der Waals surface area contributed by atoms with Crippen molar-refractivity contribution in [3.8, 4) is 16.9 Å². The Kier molecular flexibility index (Phi) is 5.29. The normalized spacial score (nSPS) is 11.9. The monoisotopic (exact) mass is 387 g/mol. The van der Waals surface area contributed by atoms with Crippen molar-refractivity contribution in [2.75, 3.05) is 12.8 Å². The first-order valence-corrected chi connectivity index (χ1v) is 9.42. The third-order valence-corrected chi connectivity index (χ3v) is 5.09. The van der Waals surface area contributed by atoms with Crippen molar-refractivity contribution in [2.45, 2.75) is 12.3 Å². The highest BCUT2D eigenvalue weighted by molar-refractivity contribution is 5.64. The Morgan fingerprint density at radius 3 is 2.41 bits per heavy atom. The Bertz CT molecular complexity index is 1090. The minimum atomic E-state index is -0.226. The Labute approximate surface area is 169 Å². The molecular weight excluding hydrogens is 365 g/mol. The molecule has 3 N–H and O–H groups in total.